The van der Waals surface area contributed by atoms with Crippen LogP contribution in [0.2, 0.25) is 5.02 Å². The maximum Gasteiger partial charge on any atom is 0.194 e. The Hall–Kier alpha value is -2.05. The van der Waals surface area contributed by atoms with Gasteiger partial charge in [-0.05, 0) is 49.1 Å². The van der Waals surface area contributed by atoms with Gasteiger partial charge in [0, 0.05) is 30.2 Å². The SMILES string of the molecule is Cc1ccc(C(=O)C2(O)CCN(C/C=C/C(O)c3ccc(F)cc3)CC2)cc1Cl. The molecule has 29 heavy (non-hydrogen) atoms. The minimum Gasteiger partial charge on any atom is -0.384 e. The summed E-state index contributed by atoms with van der Waals surface area (Å²) in [7, 11) is 0. The summed E-state index contributed by atoms with van der Waals surface area (Å²) in [5.41, 5.74) is 0.559. The van der Waals surface area contributed by atoms with Crippen molar-refractivity contribution in [1.29, 1.82) is 0 Å². The average Bonchev–Trinajstić information content (AvgIpc) is 2.71. The highest BCUT2D eigenvalue weighted by Gasteiger charge is 2.39. The van der Waals surface area contributed by atoms with Gasteiger partial charge in [-0.2, -0.15) is 0 Å². The maximum absolute atomic E-state index is 13.0. The fraction of sp³-hybridized carbons (Fsp3) is 0.348. The fourth-order valence-corrected chi connectivity index (χ4v) is 3.63. The van der Waals surface area contributed by atoms with Crippen molar-refractivity contribution in [3.05, 3.63) is 82.1 Å². The summed E-state index contributed by atoms with van der Waals surface area (Å²) in [6.07, 6.45) is 3.38. The molecule has 6 heteroatoms. The molecule has 1 aliphatic rings. The Morgan fingerprint density at radius 1 is 1.24 bits per heavy atom. The standard InChI is InChI=1S/C23H25ClFNO3/c1-16-4-5-18(15-20(16)24)22(28)23(29)10-13-26(14-11-23)12-2-3-21(27)17-6-8-19(25)9-7-17/h2-9,15,21,27,29H,10-14H2,1H3/b3-2+. The van der Waals surface area contributed by atoms with E-state index in [0.717, 1.165) is 5.56 Å². The Morgan fingerprint density at radius 2 is 1.90 bits per heavy atom. The van der Waals surface area contributed by atoms with E-state index in [1.165, 1.54) is 12.1 Å². The molecule has 2 aromatic carbocycles. The van der Waals surface area contributed by atoms with Crippen LogP contribution in [0.15, 0.2) is 54.6 Å². The predicted molar refractivity (Wildman–Crippen MR) is 112 cm³/mol. The molecule has 1 unspecified atom stereocenters. The first-order valence-corrected chi connectivity index (χ1v) is 10.0. The molecule has 0 aromatic heterocycles. The number of aliphatic hydroxyl groups is 2. The number of hydrogen-bond donors (Lipinski definition) is 2. The first-order valence-electron chi connectivity index (χ1n) is 9.64. The minimum atomic E-state index is -1.38. The second-order valence-corrected chi connectivity index (χ2v) is 7.96. The molecular formula is C23H25ClFNO3. The van der Waals surface area contributed by atoms with Crippen LogP contribution in [-0.4, -0.2) is 46.1 Å². The smallest absolute Gasteiger partial charge is 0.194 e. The van der Waals surface area contributed by atoms with E-state index >= 15 is 0 Å². The van der Waals surface area contributed by atoms with E-state index in [9.17, 15) is 19.4 Å². The number of rotatable bonds is 6. The van der Waals surface area contributed by atoms with Gasteiger partial charge in [0.2, 0.25) is 0 Å². The molecule has 3 rings (SSSR count). The normalized spacial score (nSPS) is 18.1. The lowest BCUT2D eigenvalue weighted by Crippen LogP contribution is -2.49. The predicted octanol–water partition coefficient (Wildman–Crippen LogP) is 4.09. The summed E-state index contributed by atoms with van der Waals surface area (Å²) in [6.45, 7) is 3.60. The van der Waals surface area contributed by atoms with Gasteiger partial charge in [0.05, 0.1) is 6.10 Å². The molecule has 1 atom stereocenters. The molecule has 2 aromatic rings. The molecule has 4 nitrogen and oxygen atoms in total. The van der Waals surface area contributed by atoms with Crippen molar-refractivity contribution in [3.8, 4) is 0 Å². The van der Waals surface area contributed by atoms with Crippen molar-refractivity contribution in [1.82, 2.24) is 4.90 Å². The summed E-state index contributed by atoms with van der Waals surface area (Å²) in [5.74, 6) is -0.630. The van der Waals surface area contributed by atoms with E-state index < -0.39 is 11.7 Å². The van der Waals surface area contributed by atoms with E-state index in [0.29, 0.717) is 48.6 Å². The topological polar surface area (TPSA) is 60.8 Å². The zero-order valence-electron chi connectivity index (χ0n) is 16.3. The summed E-state index contributed by atoms with van der Waals surface area (Å²) in [4.78, 5) is 14.9. The fourth-order valence-electron chi connectivity index (χ4n) is 3.45. The Bertz CT molecular complexity index is 889. The van der Waals surface area contributed by atoms with E-state index in [4.69, 9.17) is 11.6 Å². The van der Waals surface area contributed by atoms with Crippen molar-refractivity contribution >= 4 is 17.4 Å². The molecule has 0 amide bonds. The molecule has 0 aliphatic carbocycles. The number of carbonyl (C=O) groups is 1. The molecular weight excluding hydrogens is 393 g/mol. The van der Waals surface area contributed by atoms with Crippen molar-refractivity contribution in [2.75, 3.05) is 19.6 Å². The van der Waals surface area contributed by atoms with Crippen LogP contribution in [0, 0.1) is 12.7 Å². The van der Waals surface area contributed by atoms with Gasteiger partial charge in [-0.1, -0.05) is 48.0 Å². The molecule has 1 saturated heterocycles. The van der Waals surface area contributed by atoms with Gasteiger partial charge in [0.15, 0.2) is 5.78 Å². The van der Waals surface area contributed by atoms with Gasteiger partial charge in [0.25, 0.3) is 0 Å². The zero-order chi connectivity index (χ0) is 21.0. The van der Waals surface area contributed by atoms with Crippen LogP contribution >= 0.6 is 11.6 Å². The first kappa shape index (κ1) is 21.7. The Labute approximate surface area is 175 Å². The summed E-state index contributed by atoms with van der Waals surface area (Å²) in [6, 6.07) is 10.8. The van der Waals surface area contributed by atoms with Crippen LogP contribution in [0.1, 0.15) is 40.4 Å². The molecule has 1 heterocycles. The van der Waals surface area contributed by atoms with Gasteiger partial charge in [-0.15, -0.1) is 0 Å². The highest BCUT2D eigenvalue weighted by atomic mass is 35.5. The van der Waals surface area contributed by atoms with Crippen molar-refractivity contribution in [3.63, 3.8) is 0 Å². The van der Waals surface area contributed by atoms with E-state index in [2.05, 4.69) is 4.90 Å². The van der Waals surface area contributed by atoms with Crippen LogP contribution in [-0.2, 0) is 0 Å². The number of halogens is 2. The van der Waals surface area contributed by atoms with Crippen LogP contribution in [0.3, 0.4) is 0 Å². The zero-order valence-corrected chi connectivity index (χ0v) is 17.1. The number of aryl methyl sites for hydroxylation is 1. The van der Waals surface area contributed by atoms with E-state index in [-0.39, 0.29) is 11.6 Å². The highest BCUT2D eigenvalue weighted by molar-refractivity contribution is 6.31. The van der Waals surface area contributed by atoms with Crippen LogP contribution in [0.5, 0.6) is 0 Å². The third kappa shape index (κ3) is 5.31. The largest absolute Gasteiger partial charge is 0.384 e. The van der Waals surface area contributed by atoms with Crippen molar-refractivity contribution in [2.45, 2.75) is 31.5 Å². The van der Waals surface area contributed by atoms with Crippen molar-refractivity contribution < 1.29 is 19.4 Å². The highest BCUT2D eigenvalue weighted by Crippen LogP contribution is 2.28. The monoisotopic (exact) mass is 417 g/mol. The molecule has 1 fully saturated rings. The average molecular weight is 418 g/mol. The summed E-state index contributed by atoms with van der Waals surface area (Å²) in [5, 5.41) is 21.5. The van der Waals surface area contributed by atoms with Crippen LogP contribution in [0.25, 0.3) is 0 Å². The Kier molecular flexibility index (Phi) is 6.85. The lowest BCUT2D eigenvalue weighted by molar-refractivity contribution is -0.00439. The van der Waals surface area contributed by atoms with Gasteiger partial charge >= 0.3 is 0 Å². The van der Waals surface area contributed by atoms with Gasteiger partial charge in [-0.25, -0.2) is 4.39 Å². The molecule has 0 bridgehead atoms. The molecule has 0 spiro atoms. The molecule has 0 saturated carbocycles. The van der Waals surface area contributed by atoms with Gasteiger partial charge < -0.3 is 10.2 Å². The number of carbonyl (C=O) groups excluding carboxylic acids is 1. The van der Waals surface area contributed by atoms with Crippen molar-refractivity contribution in [2.24, 2.45) is 0 Å². The molecule has 154 valence electrons. The number of aliphatic hydroxyl groups excluding tert-OH is 1. The lowest BCUT2D eigenvalue weighted by atomic mass is 9.84. The second kappa shape index (κ2) is 9.18. The van der Waals surface area contributed by atoms with Gasteiger partial charge in [0.1, 0.15) is 11.4 Å². The third-order valence-electron chi connectivity index (χ3n) is 5.43. The van der Waals surface area contributed by atoms with Crippen LogP contribution in [0.4, 0.5) is 4.39 Å². The lowest BCUT2D eigenvalue weighted by Gasteiger charge is -2.36. The third-order valence-corrected chi connectivity index (χ3v) is 5.84. The first-order chi connectivity index (χ1) is 13.8. The number of benzene rings is 2. The summed E-state index contributed by atoms with van der Waals surface area (Å²) < 4.78 is 13.0. The van der Waals surface area contributed by atoms with E-state index in [1.807, 2.05) is 13.0 Å². The Balaban J connectivity index is 1.53. The number of Topliss-reactive ketones (excluding diaryl/α,β-unsaturated/α-hetero) is 1. The minimum absolute atomic E-state index is 0.290. The van der Waals surface area contributed by atoms with Crippen LogP contribution < -0.4 is 0 Å². The molecule has 1 aliphatic heterocycles. The Morgan fingerprint density at radius 3 is 2.52 bits per heavy atom. The number of likely N-dealkylation sites (tertiary alicyclic amines) is 1. The number of nitrogens with zero attached hydrogens (tertiary/aromatic N) is 1. The number of hydrogen-bond acceptors (Lipinski definition) is 4. The quantitative estimate of drug-likeness (QED) is 0.549. The number of ketones is 1. The molecule has 2 N–H and O–H groups in total. The molecule has 0 radical (unpaired) electrons. The van der Waals surface area contributed by atoms with Gasteiger partial charge in [-0.3, -0.25) is 9.69 Å². The summed E-state index contributed by atoms with van der Waals surface area (Å²) >= 11 is 6.11. The van der Waals surface area contributed by atoms with E-state index in [1.54, 1.807) is 36.4 Å². The maximum atomic E-state index is 13.0. The second-order valence-electron chi connectivity index (χ2n) is 7.55. The number of piperidine rings is 1.